The van der Waals surface area contributed by atoms with Crippen LogP contribution in [0.25, 0.3) is 0 Å². The molecule has 2 N–H and O–H groups in total. The highest BCUT2D eigenvalue weighted by atomic mass is 16.4. The zero-order chi connectivity index (χ0) is 27.9. The first-order valence-corrected chi connectivity index (χ1v) is 15.8. The van der Waals surface area contributed by atoms with Gasteiger partial charge < -0.3 is 10.2 Å². The molecule has 4 saturated carbocycles. The third kappa shape index (κ3) is 3.80. The summed E-state index contributed by atoms with van der Waals surface area (Å²) in [5, 5.41) is 19.3. The number of hydrogen-bond donors (Lipinski definition) is 2. The molecule has 0 aliphatic heterocycles. The number of allylic oxidation sites excluding steroid dienone is 2. The average molecular weight is 527 g/mol. The molecule has 5 rings (SSSR count). The number of carboxylic acids is 2. The van der Waals surface area contributed by atoms with Crippen LogP contribution in [0.4, 0.5) is 0 Å². The first-order chi connectivity index (χ1) is 17.6. The molecular weight excluding hydrogens is 472 g/mol. The highest BCUT2D eigenvalue weighted by Crippen LogP contribution is 2.77. The SMILES string of the molecule is CC(C)C1=C2[C@H]3CC[C@@H]4[C@@]5(C)CC[C@H](CC(=O)O)C(C)(C)[C@@H]5CC[C@@]4(C)[C@]3(C)CC[C@@]2(CCC(=O)O)CC1. The van der Waals surface area contributed by atoms with E-state index in [0.29, 0.717) is 36.5 Å². The van der Waals surface area contributed by atoms with Crippen LogP contribution < -0.4 is 0 Å². The minimum Gasteiger partial charge on any atom is -0.481 e. The maximum Gasteiger partial charge on any atom is 0.303 e. The van der Waals surface area contributed by atoms with Crippen molar-refractivity contribution in [3.63, 3.8) is 0 Å². The molecule has 5 aliphatic carbocycles. The second-order valence-electron chi connectivity index (χ2n) is 16.0. The Morgan fingerprint density at radius 1 is 0.816 bits per heavy atom. The van der Waals surface area contributed by atoms with E-state index in [1.165, 1.54) is 38.5 Å². The summed E-state index contributed by atoms with van der Waals surface area (Å²) < 4.78 is 0. The van der Waals surface area contributed by atoms with Gasteiger partial charge in [0.15, 0.2) is 0 Å². The van der Waals surface area contributed by atoms with Gasteiger partial charge in [0.05, 0.1) is 0 Å². The van der Waals surface area contributed by atoms with Crippen LogP contribution in [-0.2, 0) is 9.59 Å². The maximum atomic E-state index is 11.7. The molecule has 4 fully saturated rings. The Hall–Kier alpha value is -1.32. The van der Waals surface area contributed by atoms with E-state index in [1.54, 1.807) is 11.1 Å². The molecule has 8 atom stereocenters. The van der Waals surface area contributed by atoms with Crippen molar-refractivity contribution in [3.05, 3.63) is 11.1 Å². The quantitative estimate of drug-likeness (QED) is 0.339. The van der Waals surface area contributed by atoms with Gasteiger partial charge in [0.2, 0.25) is 0 Å². The molecule has 0 aromatic heterocycles. The molecule has 4 heteroatoms. The van der Waals surface area contributed by atoms with Crippen LogP contribution in [0.1, 0.15) is 132 Å². The van der Waals surface area contributed by atoms with Gasteiger partial charge in [-0.3, -0.25) is 9.59 Å². The predicted molar refractivity (Wildman–Crippen MR) is 152 cm³/mol. The molecule has 0 radical (unpaired) electrons. The molecule has 0 aromatic rings. The Balaban J connectivity index is 1.52. The fourth-order valence-corrected chi connectivity index (χ4v) is 12.2. The van der Waals surface area contributed by atoms with Gasteiger partial charge in [-0.15, -0.1) is 0 Å². The van der Waals surface area contributed by atoms with E-state index in [2.05, 4.69) is 48.5 Å². The zero-order valence-electron chi connectivity index (χ0n) is 25.3. The molecule has 0 aromatic carbocycles. The van der Waals surface area contributed by atoms with Gasteiger partial charge in [-0.1, -0.05) is 59.6 Å². The number of carbonyl (C=O) groups is 2. The normalized spacial score (nSPS) is 45.7. The molecule has 0 spiro atoms. The van der Waals surface area contributed by atoms with Crippen LogP contribution >= 0.6 is 0 Å². The molecule has 0 heterocycles. The first kappa shape index (κ1) is 28.2. The predicted octanol–water partition coefficient (Wildman–Crippen LogP) is 8.74. The number of rotatable bonds is 6. The number of fused-ring (bicyclic) bond motifs is 7. The van der Waals surface area contributed by atoms with Crippen LogP contribution in [0, 0.1) is 56.7 Å². The standard InChI is InChI=1S/C34H54O4/c1-21(2)23-11-16-34(17-13-27(35)36)19-18-32(6)24(29(23)34)8-9-26-31(5)14-10-22(20-28(37)38)30(3,4)25(31)12-15-33(26,32)7/h21-22,24-26H,8-20H2,1-7H3,(H,35,36)(H,37,38)/t22-,24-,25+,26-,31+,32-,33-,34+/m1/s1. The minimum atomic E-state index is -0.645. The van der Waals surface area contributed by atoms with Crippen molar-refractivity contribution in [1.82, 2.24) is 0 Å². The molecule has 5 aliphatic rings. The molecule has 0 bridgehead atoms. The van der Waals surface area contributed by atoms with Gasteiger partial charge in [0, 0.05) is 12.8 Å². The molecule has 4 nitrogen and oxygen atoms in total. The second-order valence-corrected chi connectivity index (χ2v) is 16.0. The van der Waals surface area contributed by atoms with E-state index in [4.69, 9.17) is 0 Å². The second kappa shape index (κ2) is 9.10. The van der Waals surface area contributed by atoms with Crippen LogP contribution in [0.15, 0.2) is 11.1 Å². The lowest BCUT2D eigenvalue weighted by Crippen LogP contribution is -2.65. The van der Waals surface area contributed by atoms with Gasteiger partial charge in [-0.2, -0.15) is 0 Å². The summed E-state index contributed by atoms with van der Waals surface area (Å²) in [6, 6.07) is 0. The monoisotopic (exact) mass is 526 g/mol. The van der Waals surface area contributed by atoms with Crippen molar-refractivity contribution in [3.8, 4) is 0 Å². The highest BCUT2D eigenvalue weighted by molar-refractivity contribution is 5.67. The Kier molecular flexibility index (Phi) is 6.76. The van der Waals surface area contributed by atoms with E-state index in [9.17, 15) is 19.8 Å². The van der Waals surface area contributed by atoms with Gasteiger partial charge in [-0.05, 0) is 127 Å². The lowest BCUT2D eigenvalue weighted by molar-refractivity contribution is -0.222. The summed E-state index contributed by atoms with van der Waals surface area (Å²) in [6.07, 6.45) is 13.3. The van der Waals surface area contributed by atoms with Crippen molar-refractivity contribution < 1.29 is 19.8 Å². The summed E-state index contributed by atoms with van der Waals surface area (Å²) in [4.78, 5) is 23.4. The summed E-state index contributed by atoms with van der Waals surface area (Å²) in [5.74, 6) is 1.38. The van der Waals surface area contributed by atoms with E-state index in [1.807, 2.05) is 0 Å². The van der Waals surface area contributed by atoms with E-state index in [-0.39, 0.29) is 33.0 Å². The highest BCUT2D eigenvalue weighted by Gasteiger charge is 2.69. The Morgan fingerprint density at radius 3 is 2.16 bits per heavy atom. The smallest absolute Gasteiger partial charge is 0.303 e. The molecule has 0 unspecified atom stereocenters. The fraction of sp³-hybridized carbons (Fsp3) is 0.882. The molecule has 0 saturated heterocycles. The lowest BCUT2D eigenvalue weighted by Gasteiger charge is -2.72. The summed E-state index contributed by atoms with van der Waals surface area (Å²) >= 11 is 0. The van der Waals surface area contributed by atoms with Crippen LogP contribution in [0.3, 0.4) is 0 Å². The lowest BCUT2D eigenvalue weighted by atomic mass is 9.32. The minimum absolute atomic E-state index is 0.0574. The molecule has 0 amide bonds. The van der Waals surface area contributed by atoms with Crippen molar-refractivity contribution in [2.45, 2.75) is 132 Å². The molecular formula is C34H54O4. The van der Waals surface area contributed by atoms with E-state index in [0.717, 1.165) is 32.1 Å². The topological polar surface area (TPSA) is 74.6 Å². The number of carboxylic acid groups (broad SMARTS) is 2. The third-order valence-electron chi connectivity index (χ3n) is 14.3. The van der Waals surface area contributed by atoms with Gasteiger partial charge in [0.25, 0.3) is 0 Å². The number of hydrogen-bond acceptors (Lipinski definition) is 2. The van der Waals surface area contributed by atoms with Crippen LogP contribution in [0.2, 0.25) is 0 Å². The summed E-state index contributed by atoms with van der Waals surface area (Å²) in [6.45, 7) is 17.4. The van der Waals surface area contributed by atoms with Crippen LogP contribution in [0.5, 0.6) is 0 Å². The Bertz CT molecular complexity index is 1020. The largest absolute Gasteiger partial charge is 0.481 e. The number of aliphatic carboxylic acids is 2. The zero-order valence-corrected chi connectivity index (χ0v) is 25.3. The Morgan fingerprint density at radius 2 is 1.53 bits per heavy atom. The van der Waals surface area contributed by atoms with Crippen molar-refractivity contribution in [2.24, 2.45) is 56.7 Å². The third-order valence-corrected chi connectivity index (χ3v) is 14.3. The van der Waals surface area contributed by atoms with Gasteiger partial charge in [-0.25, -0.2) is 0 Å². The molecule has 214 valence electrons. The summed E-state index contributed by atoms with van der Waals surface area (Å²) in [7, 11) is 0. The summed E-state index contributed by atoms with van der Waals surface area (Å²) in [5.41, 5.74) is 4.35. The fourth-order valence-electron chi connectivity index (χ4n) is 12.2. The van der Waals surface area contributed by atoms with E-state index >= 15 is 0 Å². The van der Waals surface area contributed by atoms with E-state index < -0.39 is 11.9 Å². The Labute approximate surface area is 231 Å². The van der Waals surface area contributed by atoms with Gasteiger partial charge in [0.1, 0.15) is 0 Å². The first-order valence-electron chi connectivity index (χ1n) is 15.8. The molecule has 38 heavy (non-hydrogen) atoms. The van der Waals surface area contributed by atoms with Crippen molar-refractivity contribution in [1.29, 1.82) is 0 Å². The maximum absolute atomic E-state index is 11.7. The average Bonchev–Trinajstić information content (AvgIpc) is 3.20. The van der Waals surface area contributed by atoms with Crippen LogP contribution in [-0.4, -0.2) is 22.2 Å². The van der Waals surface area contributed by atoms with Crippen molar-refractivity contribution >= 4 is 11.9 Å². The van der Waals surface area contributed by atoms with Crippen molar-refractivity contribution in [2.75, 3.05) is 0 Å². The van der Waals surface area contributed by atoms with Gasteiger partial charge >= 0.3 is 11.9 Å².